The Labute approximate surface area is 490 Å². The van der Waals surface area contributed by atoms with Gasteiger partial charge < -0.3 is 139 Å². The number of aliphatic hydroxyl groups is 1. The molecule has 19 N–H and O–H groups in total. The molecule has 0 aliphatic carbocycles. The number of aliphatic hydroxyl groups excluding tert-OH is 1. The molecule has 2 aliphatic heterocycles. The summed E-state index contributed by atoms with van der Waals surface area (Å²) in [6, 6.07) is 3.59. The molecular weight excluding hydrogens is 1220 g/mol. The lowest BCUT2D eigenvalue weighted by molar-refractivity contribution is -0.284. The van der Waals surface area contributed by atoms with Crippen LogP contribution in [0.4, 0.5) is 0 Å². The molecule has 0 bridgehead atoms. The van der Waals surface area contributed by atoms with Crippen LogP contribution in [0.1, 0.15) is 51.8 Å². The Balaban J connectivity index is 1.06. The van der Waals surface area contributed by atoms with E-state index in [0.29, 0.717) is 36.4 Å². The Morgan fingerprint density at radius 2 is 0.922 bits per heavy atom. The van der Waals surface area contributed by atoms with E-state index in [4.69, 9.17) is 42.0 Å². The number of aromatic hydroxyl groups is 17. The quantitative estimate of drug-likeness (QED) is 0.0324. The third-order valence-corrected chi connectivity index (χ3v) is 14.0. The average molecular weight is 1250 g/mol. The van der Waals surface area contributed by atoms with Crippen LogP contribution >= 0.6 is 0 Å². The molecule has 464 valence electrons. The van der Waals surface area contributed by atoms with Crippen LogP contribution in [-0.2, 0) is 23.7 Å². The van der Waals surface area contributed by atoms with Gasteiger partial charge in [-0.25, -0.2) is 33.6 Å². The van der Waals surface area contributed by atoms with E-state index in [1.807, 2.05) is 0 Å². The monoisotopic (exact) mass is 1250 g/mol. The molecule has 1 saturated heterocycles. The number of esters is 4. The van der Waals surface area contributed by atoms with E-state index in [2.05, 4.69) is 0 Å². The summed E-state index contributed by atoms with van der Waals surface area (Å²) < 4.78 is 49.3. The van der Waals surface area contributed by atoms with Crippen molar-refractivity contribution in [3.05, 3.63) is 97.2 Å². The minimum absolute atomic E-state index is 0.284. The summed E-state index contributed by atoms with van der Waals surface area (Å²) in [5, 5.41) is 202. The highest BCUT2D eigenvalue weighted by molar-refractivity contribution is 6.22. The fraction of sp³-hybridized carbons (Fsp3) is 0.109. The standard InChI is InChI=1S/C55H34O35/c56-17-1-10(2-18(57)30(17)62)49(75)89-46-43-25(9-82-50(76)11-3-19(58)31(63)37(69)26(11)27-13(52(78)86-43)7-23(35(67)38(27)70)83-41-15(48(73)74)5-20(59)32(64)39(41)71)85-55(81)47(46)90-54(80)16-6-21(60)33(65)40(72)42(16)84-24-8-14-29-28-12(51(77)88-45(29)36(24)68)4-22(61)34(66)44(28)87-53(14)79/h1-8,25,43,46-47,55-72,81H,9H2,(H,73,74). The maximum atomic E-state index is 15.1. The van der Waals surface area contributed by atoms with Gasteiger partial charge in [-0.1, -0.05) is 0 Å². The average Bonchev–Trinajstić information content (AvgIpc) is 0.752. The van der Waals surface area contributed by atoms with Crippen molar-refractivity contribution < 1.29 is 163 Å². The Morgan fingerprint density at radius 1 is 0.456 bits per heavy atom. The number of hydrogen-bond donors (Lipinski definition) is 19. The number of fused-ring (bicyclic) bond motifs is 4. The van der Waals surface area contributed by atoms with Crippen LogP contribution in [0.15, 0.2) is 67.0 Å². The summed E-state index contributed by atoms with van der Waals surface area (Å²) in [6.45, 7) is -1.36. The lowest BCUT2D eigenvalue weighted by Crippen LogP contribution is -2.62. The summed E-state index contributed by atoms with van der Waals surface area (Å²) in [7, 11) is 0. The molecule has 1 fully saturated rings. The highest BCUT2D eigenvalue weighted by atomic mass is 16.7. The molecule has 11 rings (SSSR count). The number of carboxylic acids is 1. The number of hydrogen-bond acceptors (Lipinski definition) is 34. The van der Waals surface area contributed by atoms with Gasteiger partial charge in [0.15, 0.2) is 111 Å². The molecule has 4 heterocycles. The maximum Gasteiger partial charge on any atom is 0.344 e. The molecular formula is C55H34O35. The number of carbonyl (C=O) groups is 5. The van der Waals surface area contributed by atoms with Crippen molar-refractivity contribution in [3.8, 4) is 132 Å². The van der Waals surface area contributed by atoms with E-state index in [1.54, 1.807) is 0 Å². The van der Waals surface area contributed by atoms with E-state index in [-0.39, 0.29) is 6.07 Å². The number of benzene rings is 7. The first-order chi connectivity index (χ1) is 42.4. The molecule has 0 radical (unpaired) electrons. The Kier molecular flexibility index (Phi) is 13.6. The lowest BCUT2D eigenvalue weighted by Gasteiger charge is -2.42. The van der Waals surface area contributed by atoms with Crippen LogP contribution in [0.25, 0.3) is 43.8 Å². The Morgan fingerprint density at radius 3 is 1.51 bits per heavy atom. The zero-order valence-electron chi connectivity index (χ0n) is 43.7. The van der Waals surface area contributed by atoms with Gasteiger partial charge in [-0.15, -0.1) is 0 Å². The summed E-state index contributed by atoms with van der Waals surface area (Å²) in [4.78, 5) is 97.0. The predicted octanol–water partition coefficient (Wildman–Crippen LogP) is 3.30. The topological polar surface area (TPSA) is 595 Å². The van der Waals surface area contributed by atoms with Gasteiger partial charge in [-0.05, 0) is 24.3 Å². The number of ether oxygens (including phenoxy) is 7. The van der Waals surface area contributed by atoms with Crippen LogP contribution in [0.2, 0.25) is 0 Å². The first-order valence-electron chi connectivity index (χ1n) is 24.7. The van der Waals surface area contributed by atoms with Crippen molar-refractivity contribution >= 4 is 62.6 Å². The van der Waals surface area contributed by atoms with Crippen molar-refractivity contribution in [2.75, 3.05) is 6.61 Å². The second kappa shape index (κ2) is 20.9. The fourth-order valence-electron chi connectivity index (χ4n) is 9.78. The smallest absolute Gasteiger partial charge is 0.344 e. The van der Waals surface area contributed by atoms with E-state index in [9.17, 15) is 126 Å². The second-order valence-corrected chi connectivity index (χ2v) is 19.3. The molecule has 0 saturated carbocycles. The van der Waals surface area contributed by atoms with Crippen LogP contribution in [0.5, 0.6) is 121 Å². The van der Waals surface area contributed by atoms with E-state index in [0.717, 1.165) is 6.07 Å². The molecule has 9 aromatic rings. The van der Waals surface area contributed by atoms with Gasteiger partial charge >= 0.3 is 41.1 Å². The summed E-state index contributed by atoms with van der Waals surface area (Å²) in [5.41, 5.74) is -12.8. The first-order valence-corrected chi connectivity index (χ1v) is 24.7. The van der Waals surface area contributed by atoms with E-state index >= 15 is 4.79 Å². The van der Waals surface area contributed by atoms with Gasteiger partial charge in [0, 0.05) is 46.2 Å². The number of aromatic carboxylic acids is 1. The second-order valence-electron chi connectivity index (χ2n) is 19.3. The van der Waals surface area contributed by atoms with Crippen molar-refractivity contribution in [1.82, 2.24) is 0 Å². The number of carbonyl (C=O) groups excluding carboxylic acids is 4. The Hall–Kier alpha value is -13.1. The van der Waals surface area contributed by atoms with Crippen molar-refractivity contribution in [2.45, 2.75) is 30.7 Å². The Bertz CT molecular complexity index is 4780. The van der Waals surface area contributed by atoms with Gasteiger partial charge in [0.2, 0.25) is 46.0 Å². The fourth-order valence-corrected chi connectivity index (χ4v) is 9.78. The minimum Gasteiger partial charge on any atom is -0.504 e. The number of rotatable bonds is 9. The minimum atomic E-state index is -2.81. The van der Waals surface area contributed by atoms with E-state index < -0.39 is 271 Å². The van der Waals surface area contributed by atoms with Gasteiger partial charge in [0.1, 0.15) is 23.8 Å². The maximum absolute atomic E-state index is 15.1. The van der Waals surface area contributed by atoms with E-state index in [1.165, 1.54) is 0 Å². The zero-order valence-corrected chi connectivity index (χ0v) is 43.7. The van der Waals surface area contributed by atoms with Crippen LogP contribution in [-0.4, -0.2) is 164 Å². The van der Waals surface area contributed by atoms with Gasteiger partial charge in [0.25, 0.3) is 0 Å². The number of carboxylic acid groups (broad SMARTS) is 1. The molecule has 0 amide bonds. The highest BCUT2D eigenvalue weighted by Gasteiger charge is 2.54. The first kappa shape index (κ1) is 58.7. The third kappa shape index (κ3) is 9.12. The van der Waals surface area contributed by atoms with Crippen LogP contribution in [0, 0.1) is 0 Å². The van der Waals surface area contributed by atoms with Crippen LogP contribution in [0.3, 0.4) is 0 Å². The molecule has 0 spiro atoms. The molecule has 2 aromatic heterocycles. The van der Waals surface area contributed by atoms with Gasteiger partial charge in [-0.3, -0.25) is 0 Å². The molecule has 5 atom stereocenters. The molecule has 35 nitrogen and oxygen atoms in total. The summed E-state index contributed by atoms with van der Waals surface area (Å²) >= 11 is 0. The lowest BCUT2D eigenvalue weighted by atomic mass is 9.91. The predicted molar refractivity (Wildman–Crippen MR) is 283 cm³/mol. The molecule has 2 aliphatic rings. The highest BCUT2D eigenvalue weighted by Crippen LogP contribution is 2.56. The van der Waals surface area contributed by atoms with Crippen molar-refractivity contribution in [2.24, 2.45) is 0 Å². The van der Waals surface area contributed by atoms with Gasteiger partial charge in [-0.2, -0.15) is 0 Å². The summed E-state index contributed by atoms with van der Waals surface area (Å²) in [5.74, 6) is -38.0. The number of cyclic esters (lactones) is 1. The zero-order chi connectivity index (χ0) is 65.3. The molecule has 90 heavy (non-hydrogen) atoms. The SMILES string of the molecule is O=C(OC1C(OC(=O)c2cc(O)c(O)c(O)c2Oc2cc3c(=O)oc4c(O)c(O)cc5c(=O)oc(c2O)c3c45)C(O)OC2COC(=O)c3cc(O)c(O)c(O)c3-c3c(cc(Oc4c(C(=O)O)cc(O)c(O)c4O)c(O)c3O)C(=O)OC21)c1cc(O)c(O)c(O)c1. The molecule has 7 aromatic carbocycles. The molecule has 35 heteroatoms. The number of phenols is 17. The van der Waals surface area contributed by atoms with Gasteiger partial charge in [0.05, 0.1) is 27.5 Å². The largest absolute Gasteiger partial charge is 0.504 e. The number of phenolic OH excluding ortho intramolecular Hbond substituents is 17. The molecule has 5 unspecified atom stereocenters. The summed E-state index contributed by atoms with van der Waals surface area (Å²) in [6.07, 6.45) is -13.2. The van der Waals surface area contributed by atoms with Crippen molar-refractivity contribution in [1.29, 1.82) is 0 Å². The van der Waals surface area contributed by atoms with Crippen LogP contribution < -0.4 is 20.7 Å². The normalized spacial score (nSPS) is 17.3. The third-order valence-electron chi connectivity index (χ3n) is 14.0. The van der Waals surface area contributed by atoms with Crippen molar-refractivity contribution in [3.63, 3.8) is 0 Å².